The van der Waals surface area contributed by atoms with Gasteiger partial charge >= 0.3 is 0 Å². The van der Waals surface area contributed by atoms with Crippen LogP contribution in [0.4, 0.5) is 11.4 Å². The first kappa shape index (κ1) is 21.6. The van der Waals surface area contributed by atoms with Gasteiger partial charge in [0, 0.05) is 24.3 Å². The van der Waals surface area contributed by atoms with Crippen molar-refractivity contribution >= 4 is 23.2 Å². The zero-order valence-electron chi connectivity index (χ0n) is 17.4. The molecule has 2 aromatic rings. The number of benzene rings is 2. The number of hydrogen-bond acceptors (Lipinski definition) is 3. The summed E-state index contributed by atoms with van der Waals surface area (Å²) in [5, 5.41) is 9.09. The molecule has 3 N–H and O–H groups in total. The summed E-state index contributed by atoms with van der Waals surface area (Å²) in [6.45, 7) is 9.77. The summed E-state index contributed by atoms with van der Waals surface area (Å²) >= 11 is 0. The lowest BCUT2D eigenvalue weighted by Crippen LogP contribution is -2.41. The van der Waals surface area contributed by atoms with Gasteiger partial charge in [-0.05, 0) is 54.7 Å². The second kappa shape index (κ2) is 10.0. The monoisotopic (exact) mass is 381 g/mol. The normalized spacial score (nSPS) is 13.1. The summed E-state index contributed by atoms with van der Waals surface area (Å²) in [5.41, 5.74) is 3.89. The highest BCUT2D eigenvalue weighted by atomic mass is 16.2. The molecule has 0 spiro atoms. The van der Waals surface area contributed by atoms with Gasteiger partial charge < -0.3 is 10.6 Å². The van der Waals surface area contributed by atoms with Crippen molar-refractivity contribution in [2.24, 2.45) is 5.92 Å². The summed E-state index contributed by atoms with van der Waals surface area (Å²) in [4.78, 5) is 23.7. The van der Waals surface area contributed by atoms with E-state index >= 15 is 0 Å². The third-order valence-corrected chi connectivity index (χ3v) is 4.71. The molecule has 2 aromatic carbocycles. The Hall–Kier alpha value is -2.66. The van der Waals surface area contributed by atoms with Crippen molar-refractivity contribution in [3.8, 4) is 0 Å². The number of anilines is 2. The SMILES string of the molecule is CCc1ccc([C@@H](N[C@H](C)C(=O)Nc2ccc(NC(C)=O)cc2)C(C)C)cc1. The van der Waals surface area contributed by atoms with Crippen LogP contribution in [-0.2, 0) is 16.0 Å². The average Bonchev–Trinajstić information content (AvgIpc) is 2.67. The van der Waals surface area contributed by atoms with Crippen molar-refractivity contribution < 1.29 is 9.59 Å². The predicted octanol–water partition coefficient (Wildman–Crippen LogP) is 4.52. The van der Waals surface area contributed by atoms with Gasteiger partial charge in [0.1, 0.15) is 0 Å². The van der Waals surface area contributed by atoms with Crippen molar-refractivity contribution in [3.63, 3.8) is 0 Å². The highest BCUT2D eigenvalue weighted by molar-refractivity contribution is 5.95. The topological polar surface area (TPSA) is 70.2 Å². The lowest BCUT2D eigenvalue weighted by molar-refractivity contribution is -0.118. The average molecular weight is 382 g/mol. The molecule has 0 aliphatic carbocycles. The van der Waals surface area contributed by atoms with E-state index in [4.69, 9.17) is 0 Å². The van der Waals surface area contributed by atoms with Gasteiger partial charge in [-0.2, -0.15) is 0 Å². The molecule has 0 aliphatic rings. The Balaban J connectivity index is 2.01. The molecule has 2 amide bonds. The van der Waals surface area contributed by atoms with Gasteiger partial charge in [-0.3, -0.25) is 14.9 Å². The Morgan fingerprint density at radius 2 is 1.39 bits per heavy atom. The molecule has 0 saturated carbocycles. The Kier molecular flexibility index (Phi) is 7.76. The van der Waals surface area contributed by atoms with Crippen molar-refractivity contribution in [3.05, 3.63) is 59.7 Å². The third-order valence-electron chi connectivity index (χ3n) is 4.71. The molecule has 5 nitrogen and oxygen atoms in total. The summed E-state index contributed by atoms with van der Waals surface area (Å²) in [6, 6.07) is 15.4. The number of carbonyl (C=O) groups is 2. The lowest BCUT2D eigenvalue weighted by atomic mass is 9.94. The Morgan fingerprint density at radius 3 is 1.86 bits per heavy atom. The molecule has 150 valence electrons. The van der Waals surface area contributed by atoms with Crippen LogP contribution in [-0.4, -0.2) is 17.9 Å². The van der Waals surface area contributed by atoms with Gasteiger partial charge in [-0.1, -0.05) is 45.0 Å². The van der Waals surface area contributed by atoms with Crippen molar-refractivity contribution in [2.75, 3.05) is 10.6 Å². The maximum atomic E-state index is 12.6. The van der Waals surface area contributed by atoms with Crippen LogP contribution >= 0.6 is 0 Å². The quantitative estimate of drug-likeness (QED) is 0.629. The van der Waals surface area contributed by atoms with E-state index in [1.165, 1.54) is 18.1 Å². The standard InChI is InChI=1S/C23H31N3O2/c1-6-18-7-9-19(10-8-18)22(15(2)3)24-16(4)23(28)26-21-13-11-20(12-14-21)25-17(5)27/h7-16,22,24H,6H2,1-5H3,(H,25,27)(H,26,28)/t16-,22+/m1/s1. The minimum atomic E-state index is -0.353. The predicted molar refractivity (Wildman–Crippen MR) is 115 cm³/mol. The largest absolute Gasteiger partial charge is 0.326 e. The number of carbonyl (C=O) groups excluding carboxylic acids is 2. The van der Waals surface area contributed by atoms with Crippen LogP contribution in [0.15, 0.2) is 48.5 Å². The fraction of sp³-hybridized carbons (Fsp3) is 0.391. The van der Waals surface area contributed by atoms with Gasteiger partial charge in [0.2, 0.25) is 11.8 Å². The fourth-order valence-corrected chi connectivity index (χ4v) is 3.07. The number of aryl methyl sites for hydroxylation is 1. The lowest BCUT2D eigenvalue weighted by Gasteiger charge is -2.26. The van der Waals surface area contributed by atoms with E-state index in [1.807, 2.05) is 6.92 Å². The second-order valence-electron chi connectivity index (χ2n) is 7.45. The maximum absolute atomic E-state index is 12.6. The number of hydrogen-bond donors (Lipinski definition) is 3. The van der Waals surface area contributed by atoms with E-state index in [-0.39, 0.29) is 23.9 Å². The number of rotatable bonds is 8. The van der Waals surface area contributed by atoms with Crippen LogP contribution in [0.5, 0.6) is 0 Å². The van der Waals surface area contributed by atoms with E-state index in [2.05, 4.69) is 61.0 Å². The Morgan fingerprint density at radius 1 is 0.857 bits per heavy atom. The van der Waals surface area contributed by atoms with E-state index in [9.17, 15) is 9.59 Å². The van der Waals surface area contributed by atoms with E-state index in [1.54, 1.807) is 24.3 Å². The number of nitrogens with one attached hydrogen (secondary N) is 3. The Labute approximate surface area is 167 Å². The van der Waals surface area contributed by atoms with Gasteiger partial charge in [-0.25, -0.2) is 0 Å². The van der Waals surface area contributed by atoms with E-state index < -0.39 is 0 Å². The van der Waals surface area contributed by atoms with E-state index in [0.29, 0.717) is 17.3 Å². The smallest absolute Gasteiger partial charge is 0.241 e. The molecule has 2 atom stereocenters. The molecule has 0 heterocycles. The third kappa shape index (κ3) is 6.20. The first-order valence-corrected chi connectivity index (χ1v) is 9.83. The van der Waals surface area contributed by atoms with Crippen molar-refractivity contribution in [2.45, 2.75) is 53.1 Å². The fourth-order valence-electron chi connectivity index (χ4n) is 3.07. The molecular weight excluding hydrogens is 350 g/mol. The van der Waals surface area contributed by atoms with Gasteiger partial charge in [0.25, 0.3) is 0 Å². The Bertz CT molecular complexity index is 782. The summed E-state index contributed by atoms with van der Waals surface area (Å²) < 4.78 is 0. The minimum Gasteiger partial charge on any atom is -0.326 e. The number of amides is 2. The van der Waals surface area contributed by atoms with Gasteiger partial charge in [0.05, 0.1) is 6.04 Å². The van der Waals surface area contributed by atoms with Crippen LogP contribution in [0.3, 0.4) is 0 Å². The molecule has 0 aromatic heterocycles. The molecule has 2 rings (SSSR count). The molecule has 0 saturated heterocycles. The molecule has 28 heavy (non-hydrogen) atoms. The van der Waals surface area contributed by atoms with Crippen LogP contribution in [0.2, 0.25) is 0 Å². The molecule has 0 unspecified atom stereocenters. The van der Waals surface area contributed by atoms with Crippen LogP contribution in [0.25, 0.3) is 0 Å². The molecule has 5 heteroatoms. The van der Waals surface area contributed by atoms with Crippen LogP contribution < -0.4 is 16.0 Å². The van der Waals surface area contributed by atoms with Crippen LogP contribution in [0.1, 0.15) is 51.8 Å². The van der Waals surface area contributed by atoms with Crippen LogP contribution in [0, 0.1) is 5.92 Å². The minimum absolute atomic E-state index is 0.0915. The maximum Gasteiger partial charge on any atom is 0.241 e. The molecule has 0 radical (unpaired) electrons. The molecule has 0 fully saturated rings. The highest BCUT2D eigenvalue weighted by Crippen LogP contribution is 2.23. The van der Waals surface area contributed by atoms with Gasteiger partial charge in [-0.15, -0.1) is 0 Å². The molecule has 0 bridgehead atoms. The van der Waals surface area contributed by atoms with Gasteiger partial charge in [0.15, 0.2) is 0 Å². The summed E-state index contributed by atoms with van der Waals surface area (Å²) in [6.07, 6.45) is 1.01. The first-order chi connectivity index (χ1) is 13.3. The van der Waals surface area contributed by atoms with E-state index in [0.717, 1.165) is 6.42 Å². The zero-order chi connectivity index (χ0) is 20.7. The van der Waals surface area contributed by atoms with Crippen molar-refractivity contribution in [1.29, 1.82) is 0 Å². The summed E-state index contributed by atoms with van der Waals surface area (Å²) in [7, 11) is 0. The first-order valence-electron chi connectivity index (χ1n) is 9.83. The second-order valence-corrected chi connectivity index (χ2v) is 7.45. The highest BCUT2D eigenvalue weighted by Gasteiger charge is 2.22. The molecule has 0 aliphatic heterocycles. The summed E-state index contributed by atoms with van der Waals surface area (Å²) in [5.74, 6) is 0.129. The zero-order valence-corrected chi connectivity index (χ0v) is 17.4. The molecular formula is C23H31N3O2. The van der Waals surface area contributed by atoms with Crippen molar-refractivity contribution in [1.82, 2.24) is 5.32 Å².